The van der Waals surface area contributed by atoms with Crippen molar-refractivity contribution in [3.8, 4) is 17.3 Å². The van der Waals surface area contributed by atoms with Gasteiger partial charge < -0.3 is 14.2 Å². The average Bonchev–Trinajstić information content (AvgIpc) is 3.43. The first-order valence-electron chi connectivity index (χ1n) is 9.74. The molecule has 9 nitrogen and oxygen atoms in total. The number of hydrogen-bond donors (Lipinski definition) is 0. The fourth-order valence-corrected chi connectivity index (χ4v) is 3.42. The number of carbonyl (C=O) groups excluding carboxylic acids is 1. The molecule has 1 unspecified atom stereocenters. The summed E-state index contributed by atoms with van der Waals surface area (Å²) in [6, 6.07) is 7.28. The van der Waals surface area contributed by atoms with Crippen molar-refractivity contribution in [3.63, 3.8) is 0 Å². The number of hydrogen-bond acceptors (Lipinski definition) is 7. The highest BCUT2D eigenvalue weighted by molar-refractivity contribution is 5.94. The Bertz CT molecular complexity index is 996. The van der Waals surface area contributed by atoms with Crippen molar-refractivity contribution in [2.24, 2.45) is 0 Å². The highest BCUT2D eigenvalue weighted by atomic mass is 16.5. The van der Waals surface area contributed by atoms with Crippen LogP contribution in [0.4, 0.5) is 0 Å². The Morgan fingerprint density at radius 2 is 2.21 bits per heavy atom. The van der Waals surface area contributed by atoms with E-state index in [9.17, 15) is 4.79 Å². The van der Waals surface area contributed by atoms with Crippen LogP contribution >= 0.6 is 0 Å². The first-order valence-corrected chi connectivity index (χ1v) is 9.74. The van der Waals surface area contributed by atoms with Gasteiger partial charge in [-0.3, -0.25) is 4.79 Å². The fourth-order valence-electron chi connectivity index (χ4n) is 3.42. The van der Waals surface area contributed by atoms with Crippen LogP contribution in [-0.2, 0) is 0 Å². The normalized spacial score (nSPS) is 17.0. The summed E-state index contributed by atoms with van der Waals surface area (Å²) in [6.45, 7) is 5.29. The highest BCUT2D eigenvalue weighted by Gasteiger charge is 2.27. The monoisotopic (exact) mass is 396 g/mol. The number of aromatic nitrogens is 5. The van der Waals surface area contributed by atoms with Crippen molar-refractivity contribution in [1.82, 2.24) is 30.0 Å². The van der Waals surface area contributed by atoms with Gasteiger partial charge in [0.25, 0.3) is 11.8 Å². The number of benzene rings is 1. The molecule has 29 heavy (non-hydrogen) atoms. The summed E-state index contributed by atoms with van der Waals surface area (Å²) < 4.78 is 12.3. The summed E-state index contributed by atoms with van der Waals surface area (Å²) in [5.41, 5.74) is 1.16. The van der Waals surface area contributed by atoms with Crippen LogP contribution < -0.4 is 4.74 Å². The predicted octanol–water partition coefficient (Wildman–Crippen LogP) is 2.94. The molecule has 0 aliphatic carbocycles. The first-order chi connectivity index (χ1) is 14.0. The quantitative estimate of drug-likeness (QED) is 0.654. The largest absolute Gasteiger partial charge is 0.497 e. The van der Waals surface area contributed by atoms with Gasteiger partial charge in [-0.2, -0.15) is 4.98 Å². The molecule has 3 aromatic rings. The topological polar surface area (TPSA) is 99.2 Å². The van der Waals surface area contributed by atoms with Crippen LogP contribution in [0.15, 0.2) is 35.0 Å². The molecule has 1 fully saturated rings. The summed E-state index contributed by atoms with van der Waals surface area (Å²) in [4.78, 5) is 19.2. The summed E-state index contributed by atoms with van der Waals surface area (Å²) in [6.07, 6.45) is 3.63. The molecule has 0 spiro atoms. The average molecular weight is 396 g/mol. The van der Waals surface area contributed by atoms with Gasteiger partial charge in [0.2, 0.25) is 0 Å². The zero-order valence-electron chi connectivity index (χ0n) is 16.8. The molecule has 0 saturated carbocycles. The van der Waals surface area contributed by atoms with Crippen LogP contribution in [0.2, 0.25) is 0 Å². The lowest BCUT2D eigenvalue weighted by molar-refractivity contribution is 0.0671. The van der Waals surface area contributed by atoms with Gasteiger partial charge in [-0.1, -0.05) is 30.3 Å². The maximum absolute atomic E-state index is 12.9. The second kappa shape index (κ2) is 8.02. The van der Waals surface area contributed by atoms with Crippen LogP contribution in [0.5, 0.6) is 5.75 Å². The molecule has 1 saturated heterocycles. The van der Waals surface area contributed by atoms with Crippen LogP contribution in [0, 0.1) is 0 Å². The predicted molar refractivity (Wildman–Crippen MR) is 105 cm³/mol. The van der Waals surface area contributed by atoms with Gasteiger partial charge >= 0.3 is 0 Å². The van der Waals surface area contributed by atoms with Gasteiger partial charge in [0.05, 0.1) is 19.3 Å². The Hall–Kier alpha value is -3.23. The number of amides is 1. The molecule has 152 valence electrons. The number of carbonyl (C=O) groups is 1. The summed E-state index contributed by atoms with van der Waals surface area (Å²) in [7, 11) is 1.59. The van der Waals surface area contributed by atoms with Crippen LogP contribution in [0.1, 0.15) is 54.8 Å². The summed E-state index contributed by atoms with van der Waals surface area (Å²) >= 11 is 0. The maximum atomic E-state index is 12.9. The van der Waals surface area contributed by atoms with E-state index in [4.69, 9.17) is 9.26 Å². The Labute approximate surface area is 168 Å². The number of nitrogens with zero attached hydrogens (tertiary/aromatic N) is 6. The Kier molecular flexibility index (Phi) is 5.28. The Morgan fingerprint density at radius 3 is 2.97 bits per heavy atom. The molecule has 0 N–H and O–H groups in total. The lowest BCUT2D eigenvalue weighted by atomic mass is 10.0. The molecule has 1 amide bonds. The van der Waals surface area contributed by atoms with E-state index in [-0.39, 0.29) is 17.9 Å². The number of piperidine rings is 1. The van der Waals surface area contributed by atoms with Crippen molar-refractivity contribution in [2.75, 3.05) is 20.2 Å². The number of rotatable bonds is 5. The van der Waals surface area contributed by atoms with Crippen molar-refractivity contribution in [2.45, 2.75) is 38.6 Å². The minimum Gasteiger partial charge on any atom is -0.497 e. The van der Waals surface area contributed by atoms with E-state index in [0.717, 1.165) is 19.4 Å². The molecule has 4 rings (SSSR count). The molecule has 3 heterocycles. The van der Waals surface area contributed by atoms with Gasteiger partial charge in [0.1, 0.15) is 5.75 Å². The molecule has 1 atom stereocenters. The third-order valence-corrected chi connectivity index (χ3v) is 5.06. The minimum atomic E-state index is -0.00702. The van der Waals surface area contributed by atoms with E-state index in [1.807, 2.05) is 43.1 Å². The Morgan fingerprint density at radius 1 is 1.34 bits per heavy atom. The van der Waals surface area contributed by atoms with Gasteiger partial charge in [-0.25, -0.2) is 4.68 Å². The molecule has 9 heteroatoms. The molecule has 0 radical (unpaired) electrons. The van der Waals surface area contributed by atoms with Gasteiger partial charge in [0.15, 0.2) is 11.5 Å². The molecule has 1 aromatic carbocycles. The van der Waals surface area contributed by atoms with Gasteiger partial charge in [-0.05, 0) is 31.0 Å². The third kappa shape index (κ3) is 3.98. The molecule has 2 aromatic heterocycles. The summed E-state index contributed by atoms with van der Waals surface area (Å²) in [5, 5.41) is 12.4. The third-order valence-electron chi connectivity index (χ3n) is 5.06. The molecule has 1 aliphatic rings. The lowest BCUT2D eigenvalue weighted by Gasteiger charge is -2.32. The zero-order chi connectivity index (χ0) is 20.4. The van der Waals surface area contributed by atoms with Crippen molar-refractivity contribution in [3.05, 3.63) is 41.9 Å². The molecule has 0 bridgehead atoms. The van der Waals surface area contributed by atoms with Crippen molar-refractivity contribution < 1.29 is 14.1 Å². The smallest absolute Gasteiger partial charge is 0.280 e. The number of methoxy groups -OCH3 is 1. The Balaban J connectivity index is 1.48. The maximum Gasteiger partial charge on any atom is 0.280 e. The van der Waals surface area contributed by atoms with Crippen LogP contribution in [-0.4, -0.2) is 56.1 Å². The highest BCUT2D eigenvalue weighted by Crippen LogP contribution is 2.25. The fraction of sp³-hybridized carbons (Fsp3) is 0.450. The van der Waals surface area contributed by atoms with Crippen molar-refractivity contribution in [1.29, 1.82) is 0 Å². The van der Waals surface area contributed by atoms with E-state index >= 15 is 0 Å². The minimum absolute atomic E-state index is 0.00702. The molecular weight excluding hydrogens is 372 g/mol. The lowest BCUT2D eigenvalue weighted by Crippen LogP contribution is -2.40. The van der Waals surface area contributed by atoms with E-state index in [2.05, 4.69) is 20.5 Å². The molecular formula is C20H24N6O3. The second-order valence-corrected chi connectivity index (χ2v) is 7.48. The van der Waals surface area contributed by atoms with Crippen molar-refractivity contribution >= 4 is 5.91 Å². The van der Waals surface area contributed by atoms with Crippen LogP contribution in [0.3, 0.4) is 0 Å². The second-order valence-electron chi connectivity index (χ2n) is 7.48. The number of likely N-dealkylation sites (tertiary alicyclic amines) is 1. The van der Waals surface area contributed by atoms with Crippen LogP contribution in [0.25, 0.3) is 11.6 Å². The SMILES string of the molecule is COc1cccc(C(=O)N2CCCC(n3cc(-c4nc(C(C)C)no4)nn3)C2)c1. The zero-order valence-corrected chi connectivity index (χ0v) is 16.8. The van der Waals surface area contributed by atoms with E-state index in [1.165, 1.54) is 0 Å². The van der Waals surface area contributed by atoms with Gasteiger partial charge in [0, 0.05) is 24.6 Å². The standard InChI is InChI=1S/C20H24N6O3/c1-13(2)18-21-19(29-23-18)17-12-26(24-22-17)15-7-5-9-25(11-15)20(27)14-6-4-8-16(10-14)28-3/h4,6,8,10,12-13,15H,5,7,9,11H2,1-3H3. The van der Waals surface area contributed by atoms with E-state index < -0.39 is 0 Å². The summed E-state index contributed by atoms with van der Waals surface area (Å²) in [5.74, 6) is 1.84. The van der Waals surface area contributed by atoms with E-state index in [1.54, 1.807) is 17.9 Å². The van der Waals surface area contributed by atoms with Gasteiger partial charge in [-0.15, -0.1) is 5.10 Å². The number of ether oxygens (including phenoxy) is 1. The first kappa shape index (κ1) is 19.1. The molecule has 1 aliphatic heterocycles. The van der Waals surface area contributed by atoms with E-state index in [0.29, 0.717) is 35.3 Å².